The van der Waals surface area contributed by atoms with Gasteiger partial charge in [-0.2, -0.15) is 5.10 Å². The Morgan fingerprint density at radius 1 is 1.25 bits per heavy atom. The molecular weight excluding hydrogens is 318 g/mol. The molecule has 0 aliphatic heterocycles. The van der Waals surface area contributed by atoms with Crippen LogP contribution in [0.3, 0.4) is 0 Å². The zero-order valence-corrected chi connectivity index (χ0v) is 12.8. The molecule has 0 saturated carbocycles. The Kier molecular flexibility index (Phi) is 3.14. The molecule has 2 aromatic heterocycles. The maximum absolute atomic E-state index is 6.10. The number of rotatable bonds is 2. The van der Waals surface area contributed by atoms with Crippen LogP contribution >= 0.6 is 15.9 Å². The van der Waals surface area contributed by atoms with Gasteiger partial charge in [-0.3, -0.25) is 0 Å². The number of benzene rings is 1. The third kappa shape index (κ3) is 2.14. The van der Waals surface area contributed by atoms with E-state index in [1.54, 1.807) is 4.68 Å². The lowest BCUT2D eigenvalue weighted by Crippen LogP contribution is -1.95. The van der Waals surface area contributed by atoms with Crippen LogP contribution in [0.2, 0.25) is 0 Å². The molecule has 0 aliphatic rings. The molecule has 0 saturated heterocycles. The van der Waals surface area contributed by atoms with Crippen molar-refractivity contribution in [1.82, 2.24) is 9.78 Å². The molecule has 102 valence electrons. The Morgan fingerprint density at radius 2 is 2.00 bits per heavy atom. The van der Waals surface area contributed by atoms with E-state index in [4.69, 9.17) is 10.2 Å². The molecule has 3 rings (SSSR count). The second kappa shape index (κ2) is 4.83. The fourth-order valence-electron chi connectivity index (χ4n) is 2.22. The number of nitrogens with zero attached hydrogens (tertiary/aromatic N) is 2. The number of halogens is 1. The van der Waals surface area contributed by atoms with E-state index in [0.717, 1.165) is 32.9 Å². The quantitative estimate of drug-likeness (QED) is 0.769. The fraction of sp³-hybridized carbons (Fsp3) is 0.133. The summed E-state index contributed by atoms with van der Waals surface area (Å²) in [6.45, 7) is 3.83. The van der Waals surface area contributed by atoms with E-state index in [9.17, 15) is 0 Å². The molecule has 0 amide bonds. The van der Waals surface area contributed by atoms with Gasteiger partial charge >= 0.3 is 0 Å². The first-order valence-electron chi connectivity index (χ1n) is 6.23. The fourth-order valence-corrected chi connectivity index (χ4v) is 2.69. The smallest absolute Gasteiger partial charge is 0.119 e. The van der Waals surface area contributed by atoms with Gasteiger partial charge in [-0.25, -0.2) is 4.68 Å². The Labute approximate surface area is 125 Å². The summed E-state index contributed by atoms with van der Waals surface area (Å²) in [7, 11) is 0. The zero-order chi connectivity index (χ0) is 14.3. The predicted octanol–water partition coefficient (Wildman–Crippen LogP) is 4.09. The molecule has 2 N–H and O–H groups in total. The van der Waals surface area contributed by atoms with E-state index in [1.807, 2.05) is 50.4 Å². The van der Waals surface area contributed by atoms with Gasteiger partial charge in [-0.1, -0.05) is 12.1 Å². The highest BCUT2D eigenvalue weighted by atomic mass is 79.9. The van der Waals surface area contributed by atoms with Crippen molar-refractivity contribution in [3.8, 4) is 16.9 Å². The lowest BCUT2D eigenvalue weighted by Gasteiger charge is -2.03. The molecule has 0 spiro atoms. The van der Waals surface area contributed by atoms with Crippen molar-refractivity contribution in [2.24, 2.45) is 0 Å². The van der Waals surface area contributed by atoms with Crippen LogP contribution in [0.1, 0.15) is 11.5 Å². The van der Waals surface area contributed by atoms with Crippen LogP contribution < -0.4 is 5.73 Å². The van der Waals surface area contributed by atoms with Crippen LogP contribution in [-0.2, 0) is 0 Å². The number of nitrogens with two attached hydrogens (primary N) is 1. The SMILES string of the molecule is Cc1cc(-c2nn(-c3ccccc3Br)cc2N)c(C)o1. The molecule has 0 aliphatic carbocycles. The second-order valence-electron chi connectivity index (χ2n) is 4.66. The summed E-state index contributed by atoms with van der Waals surface area (Å²) in [5.74, 6) is 1.68. The highest BCUT2D eigenvalue weighted by Gasteiger charge is 2.15. The number of anilines is 1. The van der Waals surface area contributed by atoms with Gasteiger partial charge in [-0.05, 0) is 48.0 Å². The summed E-state index contributed by atoms with van der Waals surface area (Å²) < 4.78 is 8.29. The molecule has 1 aromatic carbocycles. The molecule has 0 bridgehead atoms. The van der Waals surface area contributed by atoms with Crippen molar-refractivity contribution < 1.29 is 4.42 Å². The Balaban J connectivity index is 2.13. The highest BCUT2D eigenvalue weighted by Crippen LogP contribution is 2.31. The third-order valence-electron chi connectivity index (χ3n) is 3.14. The summed E-state index contributed by atoms with van der Waals surface area (Å²) in [4.78, 5) is 0. The number of furan rings is 1. The monoisotopic (exact) mass is 331 g/mol. The van der Waals surface area contributed by atoms with Gasteiger partial charge < -0.3 is 10.2 Å². The summed E-state index contributed by atoms with van der Waals surface area (Å²) in [6, 6.07) is 9.84. The average Bonchev–Trinajstić information content (AvgIpc) is 2.92. The number of aromatic nitrogens is 2. The Hall–Kier alpha value is -2.01. The number of para-hydroxylation sites is 1. The van der Waals surface area contributed by atoms with E-state index >= 15 is 0 Å². The second-order valence-corrected chi connectivity index (χ2v) is 5.51. The third-order valence-corrected chi connectivity index (χ3v) is 3.81. The normalized spacial score (nSPS) is 10.9. The van der Waals surface area contributed by atoms with Crippen molar-refractivity contribution in [2.75, 3.05) is 5.73 Å². The van der Waals surface area contributed by atoms with Crippen LogP contribution in [0, 0.1) is 13.8 Å². The standard InChI is InChI=1S/C15H14BrN3O/c1-9-7-11(10(2)20-9)15-13(17)8-19(18-15)14-6-4-3-5-12(14)16/h3-8H,17H2,1-2H3. The van der Waals surface area contributed by atoms with Crippen molar-refractivity contribution in [1.29, 1.82) is 0 Å². The maximum atomic E-state index is 6.10. The molecule has 0 fully saturated rings. The van der Waals surface area contributed by atoms with Crippen LogP contribution in [0.4, 0.5) is 5.69 Å². The summed E-state index contributed by atoms with van der Waals surface area (Å²) >= 11 is 3.52. The van der Waals surface area contributed by atoms with Crippen LogP contribution in [0.5, 0.6) is 0 Å². The highest BCUT2D eigenvalue weighted by molar-refractivity contribution is 9.10. The van der Waals surface area contributed by atoms with Gasteiger partial charge in [0.15, 0.2) is 0 Å². The topological polar surface area (TPSA) is 57.0 Å². The molecule has 0 radical (unpaired) electrons. The van der Waals surface area contributed by atoms with Crippen molar-refractivity contribution >= 4 is 21.6 Å². The Morgan fingerprint density at radius 3 is 2.65 bits per heavy atom. The van der Waals surface area contributed by atoms with E-state index < -0.39 is 0 Å². The van der Waals surface area contributed by atoms with Crippen LogP contribution in [-0.4, -0.2) is 9.78 Å². The van der Waals surface area contributed by atoms with E-state index in [-0.39, 0.29) is 0 Å². The minimum Gasteiger partial charge on any atom is -0.466 e. The first-order valence-corrected chi connectivity index (χ1v) is 7.03. The minimum atomic E-state index is 0.629. The van der Waals surface area contributed by atoms with Gasteiger partial charge in [-0.15, -0.1) is 0 Å². The average molecular weight is 332 g/mol. The maximum Gasteiger partial charge on any atom is 0.119 e. The summed E-state index contributed by atoms with van der Waals surface area (Å²) in [5, 5.41) is 4.59. The molecular formula is C15H14BrN3O. The lowest BCUT2D eigenvalue weighted by molar-refractivity contribution is 0.505. The minimum absolute atomic E-state index is 0.629. The van der Waals surface area contributed by atoms with Crippen LogP contribution in [0.25, 0.3) is 16.9 Å². The zero-order valence-electron chi connectivity index (χ0n) is 11.2. The molecule has 3 aromatic rings. The van der Waals surface area contributed by atoms with E-state index in [2.05, 4.69) is 21.0 Å². The summed E-state index contributed by atoms with van der Waals surface area (Å²) in [6.07, 6.45) is 1.82. The van der Waals surface area contributed by atoms with Gasteiger partial charge in [0.25, 0.3) is 0 Å². The molecule has 4 nitrogen and oxygen atoms in total. The van der Waals surface area contributed by atoms with Crippen molar-refractivity contribution in [2.45, 2.75) is 13.8 Å². The van der Waals surface area contributed by atoms with Gasteiger partial charge in [0.05, 0.1) is 17.6 Å². The van der Waals surface area contributed by atoms with Crippen molar-refractivity contribution in [3.05, 3.63) is 52.5 Å². The molecule has 2 heterocycles. The number of aryl methyl sites for hydroxylation is 2. The first-order chi connectivity index (χ1) is 9.56. The Bertz CT molecular complexity index is 773. The van der Waals surface area contributed by atoms with Gasteiger partial charge in [0, 0.05) is 10.0 Å². The number of hydrogen-bond acceptors (Lipinski definition) is 3. The van der Waals surface area contributed by atoms with E-state index in [1.165, 1.54) is 0 Å². The first kappa shape index (κ1) is 13.0. The van der Waals surface area contributed by atoms with E-state index in [0.29, 0.717) is 5.69 Å². The van der Waals surface area contributed by atoms with Gasteiger partial charge in [0.2, 0.25) is 0 Å². The number of nitrogen functional groups attached to an aromatic ring is 1. The largest absolute Gasteiger partial charge is 0.466 e. The molecule has 20 heavy (non-hydrogen) atoms. The van der Waals surface area contributed by atoms with Gasteiger partial charge in [0.1, 0.15) is 17.2 Å². The molecule has 0 atom stereocenters. The summed E-state index contributed by atoms with van der Waals surface area (Å²) in [5.41, 5.74) is 9.36. The predicted molar refractivity (Wildman–Crippen MR) is 82.9 cm³/mol. The lowest BCUT2D eigenvalue weighted by atomic mass is 10.1. The number of hydrogen-bond donors (Lipinski definition) is 1. The van der Waals surface area contributed by atoms with Crippen LogP contribution in [0.15, 0.2) is 45.4 Å². The molecule has 0 unspecified atom stereocenters. The van der Waals surface area contributed by atoms with Crippen molar-refractivity contribution in [3.63, 3.8) is 0 Å². The molecule has 5 heteroatoms.